The first-order chi connectivity index (χ1) is 17.0. The Morgan fingerprint density at radius 1 is 1.14 bits per heavy atom. The van der Waals surface area contributed by atoms with Crippen LogP contribution in [0.3, 0.4) is 0 Å². The van der Waals surface area contributed by atoms with Crippen molar-refractivity contribution in [3.63, 3.8) is 0 Å². The van der Waals surface area contributed by atoms with Gasteiger partial charge in [-0.05, 0) is 78.8 Å². The van der Waals surface area contributed by atoms with Crippen LogP contribution in [-0.2, 0) is 21.4 Å². The molecule has 1 aromatic heterocycles. The van der Waals surface area contributed by atoms with Crippen LogP contribution in [0.15, 0.2) is 60.9 Å². The fraction of sp³-hybridized carbons (Fsp3) is 0.286. The summed E-state index contributed by atoms with van der Waals surface area (Å²) >= 11 is 0. The molecular formula is C28H25N3O4. The average Bonchev–Trinajstić information content (AvgIpc) is 3.60. The molecule has 2 aromatic carbocycles. The third-order valence-electron chi connectivity index (χ3n) is 7.06. The summed E-state index contributed by atoms with van der Waals surface area (Å²) in [5.74, 6) is -0.309. The number of rotatable bonds is 7. The SMILES string of the molecule is N#Cc1ccc(CCCC(=O)O)c(NC(=O)[C@@H]2C[C@]23CCOc2ccc(-c4ccncc4)cc23)c1. The molecule has 2 atom stereocenters. The van der Waals surface area contributed by atoms with Crippen LogP contribution in [0.25, 0.3) is 11.1 Å². The zero-order valence-electron chi connectivity index (χ0n) is 19.2. The average molecular weight is 468 g/mol. The van der Waals surface area contributed by atoms with Crippen molar-refractivity contribution in [3.05, 3.63) is 77.6 Å². The van der Waals surface area contributed by atoms with Crippen LogP contribution in [0.4, 0.5) is 5.69 Å². The van der Waals surface area contributed by atoms with Gasteiger partial charge in [0.1, 0.15) is 5.75 Å². The monoisotopic (exact) mass is 467 g/mol. The van der Waals surface area contributed by atoms with Gasteiger partial charge in [0, 0.05) is 41.4 Å². The van der Waals surface area contributed by atoms with E-state index in [1.165, 1.54) is 0 Å². The Kier molecular flexibility index (Phi) is 5.96. The number of hydrogen-bond donors (Lipinski definition) is 2. The highest BCUT2D eigenvalue weighted by atomic mass is 16.5. The molecule has 1 aliphatic carbocycles. The molecule has 0 saturated heterocycles. The summed E-state index contributed by atoms with van der Waals surface area (Å²) in [5, 5.41) is 21.3. The lowest BCUT2D eigenvalue weighted by Gasteiger charge is -2.27. The van der Waals surface area contributed by atoms with E-state index in [1.807, 2.05) is 24.3 Å². The largest absolute Gasteiger partial charge is 0.493 e. The van der Waals surface area contributed by atoms with E-state index in [0.29, 0.717) is 30.7 Å². The van der Waals surface area contributed by atoms with Crippen LogP contribution in [0.5, 0.6) is 5.75 Å². The van der Waals surface area contributed by atoms with Gasteiger partial charge in [0.05, 0.1) is 18.2 Å². The second-order valence-corrected chi connectivity index (χ2v) is 9.18. The number of amides is 1. The molecule has 2 heterocycles. The Labute approximate surface area is 203 Å². The number of carbonyl (C=O) groups excluding carboxylic acids is 1. The highest BCUT2D eigenvalue weighted by molar-refractivity contribution is 5.97. The lowest BCUT2D eigenvalue weighted by molar-refractivity contribution is -0.137. The van der Waals surface area contributed by atoms with E-state index in [4.69, 9.17) is 9.84 Å². The molecule has 0 bridgehead atoms. The second kappa shape index (κ2) is 9.22. The predicted molar refractivity (Wildman–Crippen MR) is 130 cm³/mol. The first-order valence-corrected chi connectivity index (χ1v) is 11.7. The number of fused-ring (bicyclic) bond motifs is 2. The van der Waals surface area contributed by atoms with Crippen molar-refractivity contribution in [1.82, 2.24) is 4.98 Å². The number of carboxylic acid groups (broad SMARTS) is 1. The van der Waals surface area contributed by atoms with Crippen molar-refractivity contribution in [2.45, 2.75) is 37.5 Å². The number of aliphatic carboxylic acids is 1. The predicted octanol–water partition coefficient (Wildman–Crippen LogP) is 4.71. The van der Waals surface area contributed by atoms with E-state index in [-0.39, 0.29) is 23.7 Å². The number of anilines is 1. The molecule has 1 aliphatic heterocycles. The van der Waals surface area contributed by atoms with Gasteiger partial charge in [0.25, 0.3) is 0 Å². The molecule has 2 aliphatic rings. The summed E-state index contributed by atoms with van der Waals surface area (Å²) in [6.45, 7) is 0.565. The molecule has 176 valence electrons. The van der Waals surface area contributed by atoms with Crippen LogP contribution < -0.4 is 10.1 Å². The number of hydrogen-bond acceptors (Lipinski definition) is 5. The molecule has 2 N–H and O–H groups in total. The van der Waals surface area contributed by atoms with Gasteiger partial charge in [-0.3, -0.25) is 14.6 Å². The quantitative estimate of drug-likeness (QED) is 0.521. The van der Waals surface area contributed by atoms with Crippen molar-refractivity contribution < 1.29 is 19.4 Å². The zero-order valence-corrected chi connectivity index (χ0v) is 19.2. The third-order valence-corrected chi connectivity index (χ3v) is 7.06. The Hall–Kier alpha value is -4.18. The minimum atomic E-state index is -0.853. The molecular weight excluding hydrogens is 442 g/mol. The van der Waals surface area contributed by atoms with Crippen molar-refractivity contribution >= 4 is 17.6 Å². The molecule has 7 nitrogen and oxygen atoms in total. The van der Waals surface area contributed by atoms with Gasteiger partial charge in [0.2, 0.25) is 5.91 Å². The Balaban J connectivity index is 1.38. The van der Waals surface area contributed by atoms with E-state index >= 15 is 0 Å². The number of carboxylic acids is 1. The van der Waals surface area contributed by atoms with E-state index in [1.54, 1.807) is 30.6 Å². The Bertz CT molecular complexity index is 1330. The fourth-order valence-corrected chi connectivity index (χ4v) is 5.10. The van der Waals surface area contributed by atoms with Crippen molar-refractivity contribution in [2.24, 2.45) is 5.92 Å². The lowest BCUT2D eigenvalue weighted by Crippen LogP contribution is -2.27. The normalized spacial score (nSPS) is 19.8. The molecule has 1 amide bonds. The van der Waals surface area contributed by atoms with Crippen LogP contribution >= 0.6 is 0 Å². The molecule has 0 radical (unpaired) electrons. The summed E-state index contributed by atoms with van der Waals surface area (Å²) in [6, 6.07) is 17.3. The summed E-state index contributed by atoms with van der Waals surface area (Å²) in [5.41, 5.74) is 4.78. The Morgan fingerprint density at radius 2 is 1.97 bits per heavy atom. The van der Waals surface area contributed by atoms with Gasteiger partial charge in [-0.2, -0.15) is 5.26 Å². The van der Waals surface area contributed by atoms with Gasteiger partial charge in [-0.25, -0.2) is 0 Å². The van der Waals surface area contributed by atoms with Crippen molar-refractivity contribution in [1.29, 1.82) is 5.26 Å². The van der Waals surface area contributed by atoms with Gasteiger partial charge >= 0.3 is 5.97 Å². The number of ether oxygens (including phenoxy) is 1. The summed E-state index contributed by atoms with van der Waals surface area (Å²) < 4.78 is 5.92. The third kappa shape index (κ3) is 4.47. The molecule has 35 heavy (non-hydrogen) atoms. The van der Waals surface area contributed by atoms with Crippen molar-refractivity contribution in [2.75, 3.05) is 11.9 Å². The number of benzene rings is 2. The van der Waals surface area contributed by atoms with Crippen LogP contribution in [-0.4, -0.2) is 28.6 Å². The highest BCUT2D eigenvalue weighted by Gasteiger charge is 2.61. The van der Waals surface area contributed by atoms with Gasteiger partial charge in [-0.1, -0.05) is 12.1 Å². The number of aromatic nitrogens is 1. The van der Waals surface area contributed by atoms with Crippen molar-refractivity contribution in [3.8, 4) is 22.9 Å². The van der Waals surface area contributed by atoms with Gasteiger partial charge in [0.15, 0.2) is 0 Å². The van der Waals surface area contributed by atoms with E-state index in [0.717, 1.165) is 40.8 Å². The lowest BCUT2D eigenvalue weighted by atomic mass is 9.85. The maximum absolute atomic E-state index is 13.4. The number of pyridine rings is 1. The van der Waals surface area contributed by atoms with E-state index < -0.39 is 5.97 Å². The minimum Gasteiger partial charge on any atom is -0.493 e. The molecule has 3 aromatic rings. The highest BCUT2D eigenvalue weighted by Crippen LogP contribution is 2.61. The summed E-state index contributed by atoms with van der Waals surface area (Å²) in [7, 11) is 0. The second-order valence-electron chi connectivity index (χ2n) is 9.18. The first kappa shape index (κ1) is 22.6. The smallest absolute Gasteiger partial charge is 0.303 e. The number of carbonyl (C=O) groups is 2. The zero-order chi connectivity index (χ0) is 24.4. The number of aryl methyl sites for hydroxylation is 1. The Morgan fingerprint density at radius 3 is 2.74 bits per heavy atom. The van der Waals surface area contributed by atoms with Crippen LogP contribution in [0, 0.1) is 17.2 Å². The number of nitriles is 1. The maximum atomic E-state index is 13.4. The maximum Gasteiger partial charge on any atom is 0.303 e. The molecule has 7 heteroatoms. The van der Waals surface area contributed by atoms with E-state index in [9.17, 15) is 14.9 Å². The molecule has 1 fully saturated rings. The van der Waals surface area contributed by atoms with Gasteiger partial charge < -0.3 is 15.2 Å². The van der Waals surface area contributed by atoms with Crippen LogP contribution in [0.2, 0.25) is 0 Å². The molecule has 1 spiro atoms. The summed E-state index contributed by atoms with van der Waals surface area (Å²) in [4.78, 5) is 28.4. The van der Waals surface area contributed by atoms with Crippen LogP contribution in [0.1, 0.15) is 42.4 Å². The molecule has 5 rings (SSSR count). The number of nitrogens with one attached hydrogen (secondary N) is 1. The molecule has 0 unspecified atom stereocenters. The summed E-state index contributed by atoms with van der Waals surface area (Å²) in [6.07, 6.45) is 6.05. The molecule has 1 saturated carbocycles. The first-order valence-electron chi connectivity index (χ1n) is 11.7. The standard InChI is InChI=1S/C28H25N3O4/c29-17-18-4-5-20(2-1-3-26(32)33)24(14-18)31-27(34)23-16-28(23)10-13-35-25-7-6-21(15-22(25)28)19-8-11-30-12-9-19/h4-9,11-12,14-15,23H,1-3,10,13,16H2,(H,31,34)(H,32,33)/t23-,28-/m0/s1. The topological polar surface area (TPSA) is 112 Å². The van der Waals surface area contributed by atoms with Gasteiger partial charge in [-0.15, -0.1) is 0 Å². The minimum absolute atomic E-state index is 0.0513. The van der Waals surface area contributed by atoms with E-state index in [2.05, 4.69) is 22.4 Å². The fourth-order valence-electron chi connectivity index (χ4n) is 5.10. The number of nitrogens with zero attached hydrogens (tertiary/aromatic N) is 2.